The average molecular weight is 402 g/mol. The highest BCUT2D eigenvalue weighted by atomic mass is 35.5. The third-order valence-electron chi connectivity index (χ3n) is 3.46. The maximum atomic E-state index is 6.04. The predicted octanol–water partition coefficient (Wildman–Crippen LogP) is 6.22. The first-order valence-corrected chi connectivity index (χ1v) is 9.73. The number of aryl methyl sites for hydroxylation is 2. The smallest absolute Gasteiger partial charge is 0.125 e. The van der Waals surface area contributed by atoms with Gasteiger partial charge in [0, 0.05) is 0 Å². The minimum absolute atomic E-state index is 0.208. The largest absolute Gasteiger partial charge is 0.493 e. The SMILES string of the molecule is CCCc1cc(OCC=C(Cl)Cl)cc(C)c1OCCCCON=C(C)C. The van der Waals surface area contributed by atoms with Crippen LogP contribution in [0.1, 0.15) is 51.2 Å². The van der Waals surface area contributed by atoms with Gasteiger partial charge < -0.3 is 14.3 Å². The zero-order chi connectivity index (χ0) is 19.4. The van der Waals surface area contributed by atoms with Crippen molar-refractivity contribution >= 4 is 28.9 Å². The van der Waals surface area contributed by atoms with E-state index in [1.54, 1.807) is 6.08 Å². The van der Waals surface area contributed by atoms with E-state index in [2.05, 4.69) is 12.1 Å². The fraction of sp³-hybridized carbons (Fsp3) is 0.550. The summed E-state index contributed by atoms with van der Waals surface area (Å²) in [5, 5.41) is 3.92. The molecule has 0 saturated carbocycles. The third kappa shape index (κ3) is 9.35. The minimum Gasteiger partial charge on any atom is -0.493 e. The fourth-order valence-electron chi connectivity index (χ4n) is 2.37. The maximum absolute atomic E-state index is 6.04. The number of oxime groups is 1. The summed E-state index contributed by atoms with van der Waals surface area (Å²) in [6.45, 7) is 9.61. The summed E-state index contributed by atoms with van der Waals surface area (Å²) >= 11 is 11.2. The number of halogens is 2. The van der Waals surface area contributed by atoms with Crippen molar-refractivity contribution in [3.63, 3.8) is 0 Å². The van der Waals surface area contributed by atoms with Crippen LogP contribution in [0.15, 0.2) is 27.9 Å². The second-order valence-electron chi connectivity index (χ2n) is 6.21. The second-order valence-corrected chi connectivity index (χ2v) is 7.22. The third-order valence-corrected chi connectivity index (χ3v) is 3.76. The maximum Gasteiger partial charge on any atom is 0.125 e. The van der Waals surface area contributed by atoms with Gasteiger partial charge in [-0.25, -0.2) is 0 Å². The van der Waals surface area contributed by atoms with Crippen LogP contribution in [-0.2, 0) is 11.3 Å². The first-order valence-electron chi connectivity index (χ1n) is 8.97. The molecule has 0 aliphatic rings. The van der Waals surface area contributed by atoms with Crippen LogP contribution in [0.3, 0.4) is 0 Å². The van der Waals surface area contributed by atoms with Crippen molar-refractivity contribution in [3.05, 3.63) is 33.8 Å². The molecule has 1 aromatic carbocycles. The van der Waals surface area contributed by atoms with Crippen LogP contribution in [0, 0.1) is 6.92 Å². The number of ether oxygens (including phenoxy) is 2. The Morgan fingerprint density at radius 3 is 2.50 bits per heavy atom. The number of nitrogens with zero attached hydrogens (tertiary/aromatic N) is 1. The Kier molecular flexibility index (Phi) is 11.2. The van der Waals surface area contributed by atoms with Crippen LogP contribution in [0.5, 0.6) is 11.5 Å². The van der Waals surface area contributed by atoms with Crippen molar-refractivity contribution in [2.45, 2.75) is 53.4 Å². The molecule has 0 bridgehead atoms. The molecule has 0 radical (unpaired) electrons. The molecule has 0 N–H and O–H groups in total. The van der Waals surface area contributed by atoms with Gasteiger partial charge in [-0.05, 0) is 69.4 Å². The normalized spacial score (nSPS) is 10.2. The van der Waals surface area contributed by atoms with Crippen molar-refractivity contribution in [2.24, 2.45) is 5.16 Å². The molecule has 0 spiro atoms. The van der Waals surface area contributed by atoms with Gasteiger partial charge in [-0.15, -0.1) is 0 Å². The summed E-state index contributed by atoms with van der Waals surface area (Å²) in [4.78, 5) is 5.20. The van der Waals surface area contributed by atoms with E-state index in [1.165, 1.54) is 0 Å². The lowest BCUT2D eigenvalue weighted by Gasteiger charge is -2.16. The lowest BCUT2D eigenvalue weighted by atomic mass is 10.0. The Labute approximate surface area is 167 Å². The number of hydrogen-bond donors (Lipinski definition) is 0. The van der Waals surface area contributed by atoms with Gasteiger partial charge in [0.1, 0.15) is 29.2 Å². The van der Waals surface area contributed by atoms with Gasteiger partial charge in [-0.2, -0.15) is 0 Å². The number of rotatable bonds is 12. The van der Waals surface area contributed by atoms with Crippen LogP contribution in [0.2, 0.25) is 0 Å². The molecule has 6 heteroatoms. The highest BCUT2D eigenvalue weighted by Crippen LogP contribution is 2.30. The standard InChI is InChI=1S/C20H29Cl2NO3/c1-5-8-17-14-18(24-12-9-19(21)22)13-16(4)20(17)25-10-6-7-11-26-23-15(2)3/h9,13-14H,5-8,10-12H2,1-4H3. The van der Waals surface area contributed by atoms with E-state index in [9.17, 15) is 0 Å². The van der Waals surface area contributed by atoms with Crippen molar-refractivity contribution in [1.29, 1.82) is 0 Å². The molecule has 0 aromatic heterocycles. The molecule has 26 heavy (non-hydrogen) atoms. The van der Waals surface area contributed by atoms with Crippen LogP contribution >= 0.6 is 23.2 Å². The van der Waals surface area contributed by atoms with E-state index in [4.69, 9.17) is 37.5 Å². The first-order chi connectivity index (χ1) is 12.4. The summed E-state index contributed by atoms with van der Waals surface area (Å²) in [7, 11) is 0. The lowest BCUT2D eigenvalue weighted by molar-refractivity contribution is 0.135. The van der Waals surface area contributed by atoms with Gasteiger partial charge in [-0.3, -0.25) is 0 Å². The van der Waals surface area contributed by atoms with E-state index in [1.807, 2.05) is 32.9 Å². The Balaban J connectivity index is 2.60. The van der Waals surface area contributed by atoms with Crippen LogP contribution in [0.4, 0.5) is 0 Å². The van der Waals surface area contributed by atoms with Gasteiger partial charge in [0.2, 0.25) is 0 Å². The highest BCUT2D eigenvalue weighted by molar-refractivity contribution is 6.55. The molecule has 0 unspecified atom stereocenters. The molecular formula is C20H29Cl2NO3. The van der Waals surface area contributed by atoms with Crippen molar-refractivity contribution in [1.82, 2.24) is 0 Å². The minimum atomic E-state index is 0.208. The van der Waals surface area contributed by atoms with E-state index < -0.39 is 0 Å². The fourth-order valence-corrected chi connectivity index (χ4v) is 2.50. The Morgan fingerprint density at radius 2 is 1.85 bits per heavy atom. The van der Waals surface area contributed by atoms with Gasteiger partial charge >= 0.3 is 0 Å². The second kappa shape index (κ2) is 12.9. The summed E-state index contributed by atoms with van der Waals surface area (Å²) in [5.74, 6) is 1.75. The summed E-state index contributed by atoms with van der Waals surface area (Å²) in [6.07, 6.45) is 5.42. The highest BCUT2D eigenvalue weighted by Gasteiger charge is 2.10. The zero-order valence-corrected chi connectivity index (χ0v) is 17.6. The topological polar surface area (TPSA) is 40.0 Å². The zero-order valence-electron chi connectivity index (χ0n) is 16.1. The molecule has 4 nitrogen and oxygen atoms in total. The average Bonchev–Trinajstić information content (AvgIpc) is 2.55. The summed E-state index contributed by atoms with van der Waals surface area (Å²) in [6, 6.07) is 4.01. The van der Waals surface area contributed by atoms with Crippen molar-refractivity contribution in [2.75, 3.05) is 19.8 Å². The molecule has 1 aromatic rings. The number of hydrogen-bond acceptors (Lipinski definition) is 4. The van der Waals surface area contributed by atoms with E-state index in [0.29, 0.717) is 19.8 Å². The number of benzene rings is 1. The Hall–Kier alpha value is -1.39. The van der Waals surface area contributed by atoms with Crippen LogP contribution < -0.4 is 9.47 Å². The number of unbranched alkanes of at least 4 members (excludes halogenated alkanes) is 1. The molecule has 146 valence electrons. The van der Waals surface area contributed by atoms with E-state index >= 15 is 0 Å². The molecular weight excluding hydrogens is 373 g/mol. The van der Waals surface area contributed by atoms with E-state index in [-0.39, 0.29) is 4.49 Å². The molecule has 0 aliphatic carbocycles. The molecule has 0 atom stereocenters. The molecule has 1 rings (SSSR count). The van der Waals surface area contributed by atoms with Gasteiger partial charge in [0.15, 0.2) is 0 Å². The molecule has 0 heterocycles. The quantitative estimate of drug-likeness (QED) is 0.237. The lowest BCUT2D eigenvalue weighted by Crippen LogP contribution is -2.05. The summed E-state index contributed by atoms with van der Waals surface area (Å²) < 4.78 is 12.0. The van der Waals surface area contributed by atoms with E-state index in [0.717, 1.165) is 54.0 Å². The summed E-state index contributed by atoms with van der Waals surface area (Å²) in [5.41, 5.74) is 3.15. The van der Waals surface area contributed by atoms with Gasteiger partial charge in [0.05, 0.1) is 12.3 Å². The Morgan fingerprint density at radius 1 is 1.12 bits per heavy atom. The van der Waals surface area contributed by atoms with Crippen LogP contribution in [0.25, 0.3) is 0 Å². The molecule has 0 fully saturated rings. The predicted molar refractivity (Wildman–Crippen MR) is 110 cm³/mol. The van der Waals surface area contributed by atoms with Gasteiger partial charge in [0.25, 0.3) is 0 Å². The van der Waals surface area contributed by atoms with Crippen molar-refractivity contribution < 1.29 is 14.3 Å². The Bertz CT molecular complexity index is 607. The van der Waals surface area contributed by atoms with Gasteiger partial charge in [-0.1, -0.05) is 41.7 Å². The molecule has 0 amide bonds. The monoisotopic (exact) mass is 401 g/mol. The first kappa shape index (κ1) is 22.7. The van der Waals surface area contributed by atoms with Crippen LogP contribution in [-0.4, -0.2) is 25.5 Å². The molecule has 0 saturated heterocycles. The van der Waals surface area contributed by atoms with Crippen molar-refractivity contribution in [3.8, 4) is 11.5 Å². The molecule has 0 aliphatic heterocycles.